The molecule has 7 nitrogen and oxygen atoms in total. The largest absolute Gasteiger partial charge is 0.460 e. The molecule has 3 rings (SSSR count). The van der Waals surface area contributed by atoms with E-state index in [4.69, 9.17) is 9.15 Å². The normalized spacial score (nSPS) is 18.5. The summed E-state index contributed by atoms with van der Waals surface area (Å²) in [7, 11) is -3.61. The number of ether oxygens (including phenoxy) is 1. The molecule has 0 radical (unpaired) electrons. The molecule has 1 aromatic heterocycles. The van der Waals surface area contributed by atoms with Crippen LogP contribution in [0.15, 0.2) is 27.5 Å². The Bertz CT molecular complexity index is 909. The molecule has 2 heterocycles. The predicted octanol–water partition coefficient (Wildman–Crippen LogP) is 2.32. The smallest absolute Gasteiger partial charge is 0.374 e. The Morgan fingerprint density at radius 1 is 1.42 bits per heavy atom. The number of carbonyl (C=O) groups is 1. The molecule has 1 aliphatic rings. The van der Waals surface area contributed by atoms with Crippen molar-refractivity contribution >= 4 is 39.4 Å². The highest BCUT2D eigenvalue weighted by Crippen LogP contribution is 2.30. The number of piperazine rings is 1. The Morgan fingerprint density at radius 3 is 2.81 bits per heavy atom. The van der Waals surface area contributed by atoms with Crippen LogP contribution in [0.1, 0.15) is 30.0 Å². The molecule has 1 fully saturated rings. The zero-order chi connectivity index (χ0) is 18.2. The van der Waals surface area contributed by atoms with Crippen LogP contribution in [0, 0.1) is 6.92 Å². The molecule has 1 aliphatic heterocycles. The van der Waals surface area contributed by atoms with E-state index in [1.54, 1.807) is 26.0 Å². The second-order valence-corrected chi connectivity index (χ2v) is 7.99. The zero-order valence-electron chi connectivity index (χ0n) is 14.9. The van der Waals surface area contributed by atoms with E-state index in [-0.39, 0.29) is 35.7 Å². The molecule has 1 N–H and O–H groups in total. The fraction of sp³-hybridized carbons (Fsp3) is 0.471. The van der Waals surface area contributed by atoms with Crippen molar-refractivity contribution in [3.8, 4) is 0 Å². The van der Waals surface area contributed by atoms with Crippen molar-refractivity contribution in [1.29, 1.82) is 0 Å². The van der Waals surface area contributed by atoms with Gasteiger partial charge in [-0.1, -0.05) is 0 Å². The SMILES string of the molecule is CCOC(=O)c1oc2ccc(S(=O)(=O)N3CCNC[C@@H]3C)cc2c1C.Cl. The van der Waals surface area contributed by atoms with E-state index in [1.807, 2.05) is 6.92 Å². The first kappa shape index (κ1) is 20.7. The Balaban J connectivity index is 0.00000243. The fourth-order valence-electron chi connectivity index (χ4n) is 3.07. The fourth-order valence-corrected chi connectivity index (χ4v) is 4.72. The first-order chi connectivity index (χ1) is 11.9. The molecule has 0 aliphatic carbocycles. The number of nitrogens with zero attached hydrogens (tertiary/aromatic N) is 1. The summed E-state index contributed by atoms with van der Waals surface area (Å²) in [6, 6.07) is 4.56. The third-order valence-electron chi connectivity index (χ3n) is 4.42. The zero-order valence-corrected chi connectivity index (χ0v) is 16.6. The minimum absolute atomic E-state index is 0. The molecular formula is C17H23ClN2O5S. The minimum atomic E-state index is -3.61. The molecule has 0 bridgehead atoms. The molecule has 1 atom stereocenters. The van der Waals surface area contributed by atoms with E-state index in [0.717, 1.165) is 0 Å². The summed E-state index contributed by atoms with van der Waals surface area (Å²) in [4.78, 5) is 12.2. The van der Waals surface area contributed by atoms with Gasteiger partial charge in [0.25, 0.3) is 0 Å². The lowest BCUT2D eigenvalue weighted by molar-refractivity contribution is 0.0491. The molecular weight excluding hydrogens is 380 g/mol. The Kier molecular flexibility index (Phi) is 6.33. The van der Waals surface area contributed by atoms with Gasteiger partial charge in [-0.2, -0.15) is 4.31 Å². The molecule has 0 unspecified atom stereocenters. The lowest BCUT2D eigenvalue weighted by Crippen LogP contribution is -2.52. The van der Waals surface area contributed by atoms with Crippen LogP contribution < -0.4 is 5.32 Å². The van der Waals surface area contributed by atoms with Crippen LogP contribution in [0.4, 0.5) is 0 Å². The number of furan rings is 1. The van der Waals surface area contributed by atoms with Crippen molar-refractivity contribution < 1.29 is 22.4 Å². The van der Waals surface area contributed by atoms with Gasteiger partial charge >= 0.3 is 5.97 Å². The van der Waals surface area contributed by atoms with Gasteiger partial charge in [0.1, 0.15) is 5.58 Å². The van der Waals surface area contributed by atoms with Crippen LogP contribution in [-0.4, -0.2) is 51.0 Å². The van der Waals surface area contributed by atoms with Crippen molar-refractivity contribution in [3.05, 3.63) is 29.5 Å². The maximum atomic E-state index is 13.0. The average Bonchev–Trinajstić information content (AvgIpc) is 2.92. The molecule has 2 aromatic rings. The second-order valence-electron chi connectivity index (χ2n) is 6.10. The summed E-state index contributed by atoms with van der Waals surface area (Å²) in [5.41, 5.74) is 1.05. The number of halogens is 1. The molecule has 0 saturated carbocycles. The highest BCUT2D eigenvalue weighted by molar-refractivity contribution is 7.89. The lowest BCUT2D eigenvalue weighted by atomic mass is 10.1. The van der Waals surface area contributed by atoms with E-state index < -0.39 is 16.0 Å². The van der Waals surface area contributed by atoms with Gasteiger partial charge in [-0.25, -0.2) is 13.2 Å². The topological polar surface area (TPSA) is 88.8 Å². The van der Waals surface area contributed by atoms with Crippen molar-refractivity contribution in [2.75, 3.05) is 26.2 Å². The summed E-state index contributed by atoms with van der Waals surface area (Å²) in [6.07, 6.45) is 0. The number of sulfonamides is 1. The number of aryl methyl sites for hydroxylation is 1. The monoisotopic (exact) mass is 402 g/mol. The van der Waals surface area contributed by atoms with Crippen molar-refractivity contribution in [1.82, 2.24) is 9.62 Å². The molecule has 1 saturated heterocycles. The number of rotatable bonds is 4. The quantitative estimate of drug-likeness (QED) is 0.789. The van der Waals surface area contributed by atoms with Gasteiger partial charge in [-0.3, -0.25) is 0 Å². The summed E-state index contributed by atoms with van der Waals surface area (Å²) < 4.78 is 38.0. The summed E-state index contributed by atoms with van der Waals surface area (Å²) >= 11 is 0. The number of benzene rings is 1. The van der Waals surface area contributed by atoms with Gasteiger partial charge in [-0.05, 0) is 39.0 Å². The Hall–Kier alpha value is -1.61. The van der Waals surface area contributed by atoms with E-state index in [9.17, 15) is 13.2 Å². The second kappa shape index (κ2) is 7.96. The Labute approximate surface area is 159 Å². The van der Waals surface area contributed by atoms with Gasteiger partial charge < -0.3 is 14.5 Å². The third kappa shape index (κ3) is 3.59. The van der Waals surface area contributed by atoms with E-state index in [1.165, 1.54) is 10.4 Å². The van der Waals surface area contributed by atoms with Crippen LogP contribution in [0.5, 0.6) is 0 Å². The number of hydrogen-bond acceptors (Lipinski definition) is 6. The summed E-state index contributed by atoms with van der Waals surface area (Å²) in [5.74, 6) is -0.432. The van der Waals surface area contributed by atoms with Gasteiger partial charge in [0, 0.05) is 36.6 Å². The van der Waals surface area contributed by atoms with Crippen LogP contribution >= 0.6 is 12.4 Å². The van der Waals surface area contributed by atoms with Gasteiger partial charge in [0.05, 0.1) is 11.5 Å². The minimum Gasteiger partial charge on any atom is -0.460 e. The number of nitrogens with one attached hydrogen (secondary N) is 1. The van der Waals surface area contributed by atoms with Crippen molar-refractivity contribution in [3.63, 3.8) is 0 Å². The van der Waals surface area contributed by atoms with Crippen LogP contribution in [0.3, 0.4) is 0 Å². The molecule has 0 spiro atoms. The Morgan fingerprint density at radius 2 is 2.15 bits per heavy atom. The number of carbonyl (C=O) groups excluding carboxylic acids is 1. The molecule has 144 valence electrons. The predicted molar refractivity (Wildman–Crippen MR) is 100 cm³/mol. The van der Waals surface area contributed by atoms with E-state index in [0.29, 0.717) is 36.2 Å². The van der Waals surface area contributed by atoms with Crippen molar-refractivity contribution in [2.24, 2.45) is 0 Å². The number of hydrogen-bond donors (Lipinski definition) is 1. The van der Waals surface area contributed by atoms with Crippen molar-refractivity contribution in [2.45, 2.75) is 31.7 Å². The standard InChI is InChI=1S/C17H22N2O5S.ClH/c1-4-23-17(20)16-12(3)14-9-13(5-6-15(14)24-16)25(21,22)19-8-7-18-10-11(19)2;/h5-6,9,11,18H,4,7-8,10H2,1-3H3;1H/t11-;/m0./s1. The summed E-state index contributed by atoms with van der Waals surface area (Å²) in [6.45, 7) is 7.25. The molecule has 26 heavy (non-hydrogen) atoms. The molecule has 1 aromatic carbocycles. The lowest BCUT2D eigenvalue weighted by Gasteiger charge is -2.32. The maximum Gasteiger partial charge on any atom is 0.374 e. The summed E-state index contributed by atoms with van der Waals surface area (Å²) in [5, 5.41) is 3.79. The highest BCUT2D eigenvalue weighted by atomic mass is 35.5. The first-order valence-corrected chi connectivity index (χ1v) is 9.73. The van der Waals surface area contributed by atoms with E-state index >= 15 is 0 Å². The van der Waals surface area contributed by atoms with Crippen LogP contribution in [-0.2, 0) is 14.8 Å². The number of esters is 1. The third-order valence-corrected chi connectivity index (χ3v) is 6.42. The maximum absolute atomic E-state index is 13.0. The highest BCUT2D eigenvalue weighted by Gasteiger charge is 2.31. The first-order valence-electron chi connectivity index (χ1n) is 8.29. The van der Waals surface area contributed by atoms with Gasteiger partial charge in [0.2, 0.25) is 15.8 Å². The van der Waals surface area contributed by atoms with E-state index in [2.05, 4.69) is 5.32 Å². The molecule has 9 heteroatoms. The average molecular weight is 403 g/mol. The molecule has 0 amide bonds. The van der Waals surface area contributed by atoms with Crippen LogP contribution in [0.25, 0.3) is 11.0 Å². The number of fused-ring (bicyclic) bond motifs is 1. The van der Waals surface area contributed by atoms with Gasteiger partial charge in [-0.15, -0.1) is 12.4 Å². The van der Waals surface area contributed by atoms with Crippen LogP contribution in [0.2, 0.25) is 0 Å². The van der Waals surface area contributed by atoms with Gasteiger partial charge in [0.15, 0.2) is 0 Å².